The molecule has 0 aliphatic heterocycles. The molecule has 0 fully saturated rings. The first-order valence-corrected chi connectivity index (χ1v) is 7.85. The fraction of sp³-hybridized carbons (Fsp3) is 0.571. The molecule has 0 aromatic carbocycles. The minimum Gasteiger partial charge on any atom is -0.397 e. The highest BCUT2D eigenvalue weighted by atomic mass is 32.1. The number of hydrogen-bond donors (Lipinski definition) is 2. The van der Waals surface area contributed by atoms with Gasteiger partial charge in [-0.2, -0.15) is 0 Å². The third kappa shape index (κ3) is 3.66. The van der Waals surface area contributed by atoms with Gasteiger partial charge in [0.25, 0.3) is 11.8 Å². The van der Waals surface area contributed by atoms with Gasteiger partial charge in [0.2, 0.25) is 0 Å². The van der Waals surface area contributed by atoms with Crippen molar-refractivity contribution < 1.29 is 9.59 Å². The second-order valence-electron chi connectivity index (χ2n) is 5.08. The van der Waals surface area contributed by atoms with Crippen LogP contribution in [0.5, 0.6) is 0 Å². The van der Waals surface area contributed by atoms with Crippen LogP contribution in [0.25, 0.3) is 0 Å². The minimum absolute atomic E-state index is 0.193. The number of thiophene rings is 1. The van der Waals surface area contributed by atoms with Crippen LogP contribution in [-0.2, 0) is 0 Å². The molecule has 0 radical (unpaired) electrons. The zero-order valence-electron chi connectivity index (χ0n) is 13.1. The number of nitrogens with two attached hydrogens (primary N) is 2. The summed E-state index contributed by atoms with van der Waals surface area (Å²) < 4.78 is 0. The molecule has 0 aliphatic rings. The summed E-state index contributed by atoms with van der Waals surface area (Å²) in [6.07, 6.45) is 1.87. The Bertz CT molecular complexity index is 519. The highest BCUT2D eigenvalue weighted by Gasteiger charge is 2.27. The lowest BCUT2D eigenvalue weighted by Gasteiger charge is -2.22. The SMILES string of the molecule is CCCN(CCC)c1sc(C(=O)N(C)C)c(N)c1C(N)=O. The lowest BCUT2D eigenvalue weighted by atomic mass is 10.2. The van der Waals surface area contributed by atoms with Gasteiger partial charge in [0.1, 0.15) is 9.88 Å². The van der Waals surface area contributed by atoms with E-state index in [2.05, 4.69) is 18.7 Å². The lowest BCUT2D eigenvalue weighted by Crippen LogP contribution is -2.27. The van der Waals surface area contributed by atoms with Crippen molar-refractivity contribution in [1.82, 2.24) is 4.90 Å². The average Bonchev–Trinajstić information content (AvgIpc) is 2.75. The summed E-state index contributed by atoms with van der Waals surface area (Å²) in [5.74, 6) is -0.798. The van der Waals surface area contributed by atoms with Crippen molar-refractivity contribution in [3.05, 3.63) is 10.4 Å². The molecule has 0 spiro atoms. The van der Waals surface area contributed by atoms with Crippen molar-refractivity contribution in [2.24, 2.45) is 5.73 Å². The molecule has 1 rings (SSSR count). The molecule has 0 bridgehead atoms. The summed E-state index contributed by atoms with van der Waals surface area (Å²) >= 11 is 1.25. The molecule has 0 aliphatic carbocycles. The number of nitrogens with zero attached hydrogens (tertiary/aromatic N) is 2. The van der Waals surface area contributed by atoms with Crippen molar-refractivity contribution in [3.63, 3.8) is 0 Å². The Labute approximate surface area is 129 Å². The first kappa shape index (κ1) is 17.3. The van der Waals surface area contributed by atoms with Gasteiger partial charge in [-0.3, -0.25) is 9.59 Å². The van der Waals surface area contributed by atoms with E-state index in [0.29, 0.717) is 9.88 Å². The van der Waals surface area contributed by atoms with Gasteiger partial charge in [-0.1, -0.05) is 13.8 Å². The first-order valence-electron chi connectivity index (χ1n) is 7.03. The van der Waals surface area contributed by atoms with E-state index in [1.165, 1.54) is 16.2 Å². The summed E-state index contributed by atoms with van der Waals surface area (Å²) in [6.45, 7) is 5.72. The van der Waals surface area contributed by atoms with E-state index in [1.54, 1.807) is 14.1 Å². The Morgan fingerprint density at radius 3 is 2.05 bits per heavy atom. The van der Waals surface area contributed by atoms with E-state index < -0.39 is 5.91 Å². The molecule has 0 atom stereocenters. The van der Waals surface area contributed by atoms with Crippen molar-refractivity contribution in [2.45, 2.75) is 26.7 Å². The van der Waals surface area contributed by atoms with Crippen molar-refractivity contribution in [1.29, 1.82) is 0 Å². The quantitative estimate of drug-likeness (QED) is 0.802. The first-order chi connectivity index (χ1) is 9.84. The van der Waals surface area contributed by atoms with E-state index in [9.17, 15) is 9.59 Å². The molecule has 6 nitrogen and oxygen atoms in total. The zero-order valence-corrected chi connectivity index (χ0v) is 13.9. The molecule has 0 saturated carbocycles. The van der Waals surface area contributed by atoms with Crippen LogP contribution in [-0.4, -0.2) is 43.9 Å². The molecule has 2 amide bonds. The maximum absolute atomic E-state index is 12.2. The monoisotopic (exact) mass is 312 g/mol. The minimum atomic E-state index is -0.589. The molecular weight excluding hydrogens is 288 g/mol. The smallest absolute Gasteiger partial charge is 0.265 e. The van der Waals surface area contributed by atoms with Crippen LogP contribution in [0.1, 0.15) is 46.7 Å². The van der Waals surface area contributed by atoms with Crippen LogP contribution in [0.4, 0.5) is 10.7 Å². The molecular formula is C14H24N4O2S. The molecule has 0 unspecified atom stereocenters. The predicted molar refractivity (Wildman–Crippen MR) is 88.1 cm³/mol. The Hall–Kier alpha value is -1.76. The van der Waals surface area contributed by atoms with Gasteiger partial charge in [-0.15, -0.1) is 11.3 Å². The molecule has 21 heavy (non-hydrogen) atoms. The van der Waals surface area contributed by atoms with Gasteiger partial charge in [-0.05, 0) is 12.8 Å². The molecule has 1 heterocycles. The number of hydrogen-bond acceptors (Lipinski definition) is 5. The third-order valence-corrected chi connectivity index (χ3v) is 4.30. The second kappa shape index (κ2) is 7.31. The van der Waals surface area contributed by atoms with Crippen LogP contribution >= 0.6 is 11.3 Å². The summed E-state index contributed by atoms with van der Waals surface area (Å²) in [4.78, 5) is 27.8. The maximum atomic E-state index is 12.2. The van der Waals surface area contributed by atoms with Gasteiger partial charge in [0.15, 0.2) is 0 Å². The Balaban J connectivity index is 3.39. The van der Waals surface area contributed by atoms with Crippen molar-refractivity contribution in [2.75, 3.05) is 37.8 Å². The van der Waals surface area contributed by atoms with Crippen molar-refractivity contribution in [3.8, 4) is 0 Å². The van der Waals surface area contributed by atoms with Crippen molar-refractivity contribution >= 4 is 33.8 Å². The van der Waals surface area contributed by atoms with Gasteiger partial charge in [0.05, 0.1) is 11.3 Å². The Morgan fingerprint density at radius 2 is 1.67 bits per heavy atom. The molecule has 118 valence electrons. The Kier molecular flexibility index (Phi) is 6.02. The summed E-state index contributed by atoms with van der Waals surface area (Å²) in [5.41, 5.74) is 11.9. The third-order valence-electron chi connectivity index (χ3n) is 3.05. The normalized spacial score (nSPS) is 10.5. The lowest BCUT2D eigenvalue weighted by molar-refractivity contribution is 0.0833. The van der Waals surface area contributed by atoms with E-state index in [1.807, 2.05) is 0 Å². The number of rotatable bonds is 7. The van der Waals surface area contributed by atoms with E-state index in [4.69, 9.17) is 11.5 Å². The molecule has 7 heteroatoms. The van der Waals surface area contributed by atoms with Crippen LogP contribution in [0, 0.1) is 0 Å². The van der Waals surface area contributed by atoms with Gasteiger partial charge >= 0.3 is 0 Å². The number of anilines is 2. The van der Waals surface area contributed by atoms with Gasteiger partial charge in [0, 0.05) is 27.2 Å². The molecule has 1 aromatic heterocycles. The number of amides is 2. The fourth-order valence-corrected chi connectivity index (χ4v) is 3.41. The largest absolute Gasteiger partial charge is 0.397 e. The number of carbonyl (C=O) groups is 2. The highest BCUT2D eigenvalue weighted by Crippen LogP contribution is 2.38. The van der Waals surface area contributed by atoms with E-state index >= 15 is 0 Å². The average molecular weight is 312 g/mol. The number of carbonyl (C=O) groups excluding carboxylic acids is 2. The highest BCUT2D eigenvalue weighted by molar-refractivity contribution is 7.19. The van der Waals surface area contributed by atoms with Gasteiger partial charge < -0.3 is 21.3 Å². The number of nitrogen functional groups attached to an aromatic ring is 1. The molecule has 4 N–H and O–H groups in total. The summed E-state index contributed by atoms with van der Waals surface area (Å²) in [7, 11) is 3.31. The fourth-order valence-electron chi connectivity index (χ4n) is 2.11. The van der Waals surface area contributed by atoms with E-state index in [0.717, 1.165) is 25.9 Å². The topological polar surface area (TPSA) is 92.7 Å². The standard InChI is InChI=1S/C14H24N4O2S/c1-5-7-18(8-6-2)14-9(12(16)19)10(15)11(21-14)13(20)17(3)4/h5-8,15H2,1-4H3,(H2,16,19). The molecule has 1 aromatic rings. The summed E-state index contributed by atoms with van der Waals surface area (Å²) in [6, 6.07) is 0. The van der Waals surface area contributed by atoms with Crippen LogP contribution < -0.4 is 16.4 Å². The maximum Gasteiger partial charge on any atom is 0.265 e. The van der Waals surface area contributed by atoms with Gasteiger partial charge in [-0.25, -0.2) is 0 Å². The zero-order chi connectivity index (χ0) is 16.2. The van der Waals surface area contributed by atoms with Crippen LogP contribution in [0.15, 0.2) is 0 Å². The van der Waals surface area contributed by atoms with E-state index in [-0.39, 0.29) is 17.2 Å². The summed E-state index contributed by atoms with van der Waals surface area (Å²) in [5, 5.41) is 0.703. The molecule has 0 saturated heterocycles. The van der Waals surface area contributed by atoms with Crippen LogP contribution in [0.2, 0.25) is 0 Å². The Morgan fingerprint density at radius 1 is 1.14 bits per heavy atom. The number of primary amides is 1. The van der Waals surface area contributed by atoms with Crippen LogP contribution in [0.3, 0.4) is 0 Å². The second-order valence-corrected chi connectivity index (χ2v) is 6.07. The predicted octanol–water partition coefficient (Wildman–Crippen LogP) is 1.76.